The Morgan fingerprint density at radius 1 is 1.50 bits per heavy atom. The van der Waals surface area contributed by atoms with Gasteiger partial charge in [0.2, 0.25) is 5.01 Å². The number of aromatic nitrogens is 3. The van der Waals surface area contributed by atoms with E-state index < -0.39 is 0 Å². The molecule has 0 bridgehead atoms. The van der Waals surface area contributed by atoms with Crippen LogP contribution in [0.4, 0.5) is 0 Å². The van der Waals surface area contributed by atoms with E-state index in [0.29, 0.717) is 10.9 Å². The summed E-state index contributed by atoms with van der Waals surface area (Å²) < 4.78 is 4.97. The molecule has 0 aliphatic heterocycles. The van der Waals surface area contributed by atoms with Gasteiger partial charge in [0.1, 0.15) is 11.8 Å². The monoisotopic (exact) mass is 153 g/mol. The van der Waals surface area contributed by atoms with Crippen LogP contribution < -0.4 is 0 Å². The number of hydrogen-bond acceptors (Lipinski definition) is 5. The van der Waals surface area contributed by atoms with Crippen LogP contribution in [0.3, 0.4) is 0 Å². The van der Waals surface area contributed by atoms with E-state index in [9.17, 15) is 0 Å². The lowest BCUT2D eigenvalue weighted by Gasteiger charge is -1.79. The van der Waals surface area contributed by atoms with Crippen molar-refractivity contribution in [2.45, 2.75) is 0 Å². The molecule has 10 heavy (non-hydrogen) atoms. The number of rotatable bonds is 1. The van der Waals surface area contributed by atoms with Crippen molar-refractivity contribution in [1.29, 1.82) is 0 Å². The molecular weight excluding hydrogens is 150 g/mol. The first-order chi connectivity index (χ1) is 4.97. The van der Waals surface area contributed by atoms with Crippen LogP contribution in [0.25, 0.3) is 10.9 Å². The van der Waals surface area contributed by atoms with E-state index in [-0.39, 0.29) is 0 Å². The fourth-order valence-electron chi connectivity index (χ4n) is 0.595. The summed E-state index contributed by atoms with van der Waals surface area (Å²) in [5.74, 6) is 0.530. The molecule has 0 aliphatic rings. The summed E-state index contributed by atoms with van der Waals surface area (Å²) in [6.45, 7) is 0. The summed E-state index contributed by atoms with van der Waals surface area (Å²) in [6, 6.07) is 0. The van der Waals surface area contributed by atoms with Gasteiger partial charge in [-0.1, -0.05) is 11.3 Å². The maximum atomic E-state index is 4.97. The van der Waals surface area contributed by atoms with Crippen molar-refractivity contribution in [3.05, 3.63) is 18.0 Å². The van der Waals surface area contributed by atoms with Gasteiger partial charge in [-0.25, -0.2) is 4.98 Å². The van der Waals surface area contributed by atoms with Crippen molar-refractivity contribution in [3.8, 4) is 10.9 Å². The van der Waals surface area contributed by atoms with Gasteiger partial charge in [0.05, 0.1) is 6.20 Å². The standard InChI is InChI=1S/C5H3N3OS/c1-2-9-4(6-1)5-8-7-3-10-5/h1-3H. The molecule has 0 unspecified atom stereocenters. The zero-order valence-electron chi connectivity index (χ0n) is 4.89. The quantitative estimate of drug-likeness (QED) is 0.617. The van der Waals surface area contributed by atoms with Crippen LogP contribution in [0.5, 0.6) is 0 Å². The van der Waals surface area contributed by atoms with Crippen molar-refractivity contribution in [3.63, 3.8) is 0 Å². The average Bonchev–Trinajstić information content (AvgIpc) is 2.59. The third kappa shape index (κ3) is 0.801. The van der Waals surface area contributed by atoms with Crippen LogP contribution in [0.2, 0.25) is 0 Å². The molecule has 2 aromatic heterocycles. The molecule has 0 atom stereocenters. The predicted molar refractivity (Wildman–Crippen MR) is 35.4 cm³/mol. The highest BCUT2D eigenvalue weighted by molar-refractivity contribution is 7.12. The minimum atomic E-state index is 0.530. The average molecular weight is 153 g/mol. The molecule has 0 fully saturated rings. The summed E-state index contributed by atoms with van der Waals surface area (Å²) in [4.78, 5) is 3.90. The first kappa shape index (κ1) is 5.55. The lowest BCUT2D eigenvalue weighted by atomic mass is 10.7. The van der Waals surface area contributed by atoms with E-state index >= 15 is 0 Å². The van der Waals surface area contributed by atoms with Gasteiger partial charge in [-0.15, -0.1) is 10.2 Å². The molecule has 2 heterocycles. The van der Waals surface area contributed by atoms with Gasteiger partial charge in [0.25, 0.3) is 5.89 Å². The van der Waals surface area contributed by atoms with Crippen LogP contribution in [0, 0.1) is 0 Å². The third-order valence-electron chi connectivity index (χ3n) is 0.975. The van der Waals surface area contributed by atoms with Gasteiger partial charge < -0.3 is 4.42 Å². The van der Waals surface area contributed by atoms with Crippen LogP contribution in [-0.2, 0) is 0 Å². The predicted octanol–water partition coefficient (Wildman–Crippen LogP) is 1.19. The van der Waals surface area contributed by atoms with E-state index in [1.807, 2.05) is 0 Å². The fourth-order valence-corrected chi connectivity index (χ4v) is 1.09. The molecule has 0 saturated carbocycles. The van der Waals surface area contributed by atoms with Crippen LogP contribution in [-0.4, -0.2) is 15.2 Å². The second kappa shape index (κ2) is 2.18. The van der Waals surface area contributed by atoms with Gasteiger partial charge in [0, 0.05) is 0 Å². The smallest absolute Gasteiger partial charge is 0.257 e. The summed E-state index contributed by atoms with van der Waals surface area (Å²) in [5, 5.41) is 8.13. The van der Waals surface area contributed by atoms with Crippen molar-refractivity contribution < 1.29 is 4.42 Å². The minimum Gasteiger partial charge on any atom is -0.443 e. The van der Waals surface area contributed by atoms with Gasteiger partial charge in [-0.05, 0) is 0 Å². The molecule has 50 valence electrons. The maximum absolute atomic E-state index is 4.97. The van der Waals surface area contributed by atoms with Crippen LogP contribution >= 0.6 is 11.3 Å². The Morgan fingerprint density at radius 2 is 2.50 bits per heavy atom. The van der Waals surface area contributed by atoms with Gasteiger partial charge >= 0.3 is 0 Å². The summed E-state index contributed by atoms with van der Waals surface area (Å²) >= 11 is 1.40. The zero-order chi connectivity index (χ0) is 6.81. The number of hydrogen-bond donors (Lipinski definition) is 0. The Kier molecular flexibility index (Phi) is 1.21. The first-order valence-corrected chi connectivity index (χ1v) is 3.51. The van der Waals surface area contributed by atoms with E-state index in [4.69, 9.17) is 4.42 Å². The Morgan fingerprint density at radius 3 is 3.10 bits per heavy atom. The number of nitrogens with zero attached hydrogens (tertiary/aromatic N) is 3. The zero-order valence-corrected chi connectivity index (χ0v) is 5.71. The Labute approximate surface area is 60.6 Å². The van der Waals surface area contributed by atoms with E-state index in [0.717, 1.165) is 0 Å². The Bertz CT molecular complexity index is 256. The maximum Gasteiger partial charge on any atom is 0.257 e. The summed E-state index contributed by atoms with van der Waals surface area (Å²) in [5.41, 5.74) is 1.64. The molecule has 2 aromatic rings. The molecule has 0 saturated heterocycles. The molecule has 5 heteroatoms. The molecule has 4 nitrogen and oxygen atoms in total. The molecule has 0 aliphatic carbocycles. The first-order valence-electron chi connectivity index (χ1n) is 2.63. The topological polar surface area (TPSA) is 51.8 Å². The van der Waals surface area contributed by atoms with Crippen molar-refractivity contribution >= 4 is 11.3 Å². The summed E-state index contributed by atoms with van der Waals surface area (Å²) in [6.07, 6.45) is 3.09. The van der Waals surface area contributed by atoms with Gasteiger partial charge in [-0.3, -0.25) is 0 Å². The highest BCUT2D eigenvalue weighted by Gasteiger charge is 2.03. The van der Waals surface area contributed by atoms with Gasteiger partial charge in [0.15, 0.2) is 0 Å². The highest BCUT2D eigenvalue weighted by Crippen LogP contribution is 2.16. The van der Waals surface area contributed by atoms with E-state index in [2.05, 4.69) is 15.2 Å². The van der Waals surface area contributed by atoms with Crippen LogP contribution in [0.1, 0.15) is 0 Å². The molecule has 0 spiro atoms. The molecule has 2 rings (SSSR count). The van der Waals surface area contributed by atoms with E-state index in [1.54, 1.807) is 11.7 Å². The van der Waals surface area contributed by atoms with Crippen molar-refractivity contribution in [2.24, 2.45) is 0 Å². The minimum absolute atomic E-state index is 0.530. The van der Waals surface area contributed by atoms with Crippen molar-refractivity contribution in [2.75, 3.05) is 0 Å². The molecule has 0 N–H and O–H groups in total. The Hall–Kier alpha value is -1.23. The lowest BCUT2D eigenvalue weighted by molar-refractivity contribution is 0.573. The van der Waals surface area contributed by atoms with Gasteiger partial charge in [-0.2, -0.15) is 0 Å². The molecule has 0 amide bonds. The lowest BCUT2D eigenvalue weighted by Crippen LogP contribution is -1.73. The second-order valence-corrected chi connectivity index (χ2v) is 2.41. The third-order valence-corrected chi connectivity index (χ3v) is 1.65. The summed E-state index contributed by atoms with van der Waals surface area (Å²) in [7, 11) is 0. The molecular formula is C5H3N3OS. The number of oxazole rings is 1. The van der Waals surface area contributed by atoms with Crippen LogP contribution in [0.15, 0.2) is 22.4 Å². The molecule has 0 radical (unpaired) electrons. The highest BCUT2D eigenvalue weighted by atomic mass is 32.1. The Balaban J connectivity index is 2.48. The largest absolute Gasteiger partial charge is 0.443 e. The SMILES string of the molecule is c1coc(-c2nncs2)n1. The fraction of sp³-hybridized carbons (Fsp3) is 0. The van der Waals surface area contributed by atoms with Crippen molar-refractivity contribution in [1.82, 2.24) is 15.2 Å². The second-order valence-electron chi connectivity index (χ2n) is 1.58. The molecule has 0 aromatic carbocycles. The normalized spacial score (nSPS) is 10.0. The van der Waals surface area contributed by atoms with E-state index in [1.165, 1.54) is 17.6 Å².